The number of likely N-dealkylation sites (tertiary alicyclic amines) is 2. The van der Waals surface area contributed by atoms with Crippen molar-refractivity contribution >= 4 is 11.9 Å². The number of carbonyl (C=O) groups excluding carboxylic acids is 1. The van der Waals surface area contributed by atoms with Gasteiger partial charge in [0, 0.05) is 63.5 Å². The summed E-state index contributed by atoms with van der Waals surface area (Å²) in [6.07, 6.45) is 7.94. The van der Waals surface area contributed by atoms with Gasteiger partial charge < -0.3 is 14.6 Å². The fraction of sp³-hybridized carbons (Fsp3) is 0.737. The zero-order chi connectivity index (χ0) is 18.3. The molecule has 7 heteroatoms. The number of fused-ring (bicyclic) bond motifs is 1. The molecule has 1 aromatic heterocycles. The first kappa shape index (κ1) is 17.5. The standard InChI is InChI=1S/C19H28N4O3/c1-14-20-6-7-22(14)9-8-21-10-16-11-23(13-19(16,12-21)18(25)26)17(24)15-4-2-3-5-15/h6-7,15-16H,2-5,8-13H2,1H3,(H,25,26)/t16-,19-/m0/s1. The smallest absolute Gasteiger partial charge is 0.313 e. The molecule has 0 spiro atoms. The summed E-state index contributed by atoms with van der Waals surface area (Å²) in [5, 5.41) is 9.97. The first-order valence-corrected chi connectivity index (χ1v) is 9.72. The molecule has 3 aliphatic rings. The molecule has 4 rings (SSSR count). The fourth-order valence-corrected chi connectivity index (χ4v) is 5.13. The third-order valence-corrected chi connectivity index (χ3v) is 6.70. The van der Waals surface area contributed by atoms with Gasteiger partial charge in [-0.3, -0.25) is 14.5 Å². The van der Waals surface area contributed by atoms with Gasteiger partial charge in [0.25, 0.3) is 0 Å². The number of nitrogens with zero attached hydrogens (tertiary/aromatic N) is 4. The molecule has 7 nitrogen and oxygen atoms in total. The number of carboxylic acids is 1. The molecule has 1 aromatic rings. The maximum absolute atomic E-state index is 12.8. The highest BCUT2D eigenvalue weighted by Gasteiger charge is 2.58. The second-order valence-corrected chi connectivity index (χ2v) is 8.26. The second kappa shape index (κ2) is 6.68. The summed E-state index contributed by atoms with van der Waals surface area (Å²) in [6, 6.07) is 0. The van der Waals surface area contributed by atoms with Crippen molar-refractivity contribution in [1.82, 2.24) is 19.4 Å². The predicted octanol–water partition coefficient (Wildman–Crippen LogP) is 1.23. The quantitative estimate of drug-likeness (QED) is 0.854. The Morgan fingerprint density at radius 1 is 1.23 bits per heavy atom. The van der Waals surface area contributed by atoms with Crippen LogP contribution in [0, 0.1) is 24.2 Å². The van der Waals surface area contributed by atoms with E-state index in [0.29, 0.717) is 19.6 Å². The van der Waals surface area contributed by atoms with Gasteiger partial charge in [-0.05, 0) is 19.8 Å². The summed E-state index contributed by atoms with van der Waals surface area (Å²) in [7, 11) is 0. The van der Waals surface area contributed by atoms with Crippen molar-refractivity contribution in [3.05, 3.63) is 18.2 Å². The zero-order valence-corrected chi connectivity index (χ0v) is 15.4. The van der Waals surface area contributed by atoms with E-state index in [4.69, 9.17) is 0 Å². The van der Waals surface area contributed by atoms with Gasteiger partial charge in [0.05, 0.1) is 0 Å². The Labute approximate surface area is 154 Å². The van der Waals surface area contributed by atoms with Crippen LogP contribution in [-0.4, -0.2) is 69.1 Å². The van der Waals surface area contributed by atoms with E-state index in [1.54, 1.807) is 6.20 Å². The Morgan fingerprint density at radius 3 is 2.62 bits per heavy atom. The normalized spacial score (nSPS) is 29.4. The number of hydrogen-bond donors (Lipinski definition) is 1. The molecule has 1 aliphatic carbocycles. The van der Waals surface area contributed by atoms with Crippen LogP contribution in [0.2, 0.25) is 0 Å². The van der Waals surface area contributed by atoms with Gasteiger partial charge >= 0.3 is 5.97 Å². The Bertz CT molecular complexity index is 697. The summed E-state index contributed by atoms with van der Waals surface area (Å²) in [5.74, 6) is 0.587. The number of carbonyl (C=O) groups is 2. The van der Waals surface area contributed by atoms with Gasteiger partial charge in [0.15, 0.2) is 0 Å². The van der Waals surface area contributed by atoms with Crippen LogP contribution in [0.15, 0.2) is 12.4 Å². The Kier molecular flexibility index (Phi) is 4.50. The number of imidazole rings is 1. The first-order chi connectivity index (χ1) is 12.5. The summed E-state index contributed by atoms with van der Waals surface area (Å²) in [6.45, 7) is 5.89. The van der Waals surface area contributed by atoms with Crippen molar-refractivity contribution in [3.8, 4) is 0 Å². The number of aryl methyl sites for hydroxylation is 1. The lowest BCUT2D eigenvalue weighted by atomic mass is 9.81. The van der Waals surface area contributed by atoms with E-state index in [0.717, 1.165) is 51.1 Å². The second-order valence-electron chi connectivity index (χ2n) is 8.26. The molecular weight excluding hydrogens is 332 g/mol. The number of amides is 1. The Balaban J connectivity index is 1.41. The van der Waals surface area contributed by atoms with Gasteiger partial charge in [0.1, 0.15) is 11.2 Å². The molecule has 3 heterocycles. The van der Waals surface area contributed by atoms with Crippen LogP contribution in [0.4, 0.5) is 0 Å². The maximum atomic E-state index is 12.8. The lowest BCUT2D eigenvalue weighted by Gasteiger charge is -2.27. The number of aliphatic carboxylic acids is 1. The van der Waals surface area contributed by atoms with Crippen LogP contribution in [0.3, 0.4) is 0 Å². The Hall–Kier alpha value is -1.89. The highest BCUT2D eigenvalue weighted by molar-refractivity contribution is 5.83. The number of aromatic nitrogens is 2. The monoisotopic (exact) mass is 360 g/mol. The van der Waals surface area contributed by atoms with E-state index in [1.807, 2.05) is 18.0 Å². The van der Waals surface area contributed by atoms with Crippen molar-refractivity contribution in [2.75, 3.05) is 32.7 Å². The summed E-state index contributed by atoms with van der Waals surface area (Å²) >= 11 is 0. The minimum absolute atomic E-state index is 0.0363. The zero-order valence-electron chi connectivity index (χ0n) is 15.4. The van der Waals surface area contributed by atoms with Gasteiger partial charge in [-0.25, -0.2) is 4.98 Å². The van der Waals surface area contributed by atoms with E-state index in [9.17, 15) is 14.7 Å². The minimum Gasteiger partial charge on any atom is -0.481 e. The fourth-order valence-electron chi connectivity index (χ4n) is 5.13. The number of hydrogen-bond acceptors (Lipinski definition) is 4. The number of carboxylic acid groups (broad SMARTS) is 1. The molecule has 26 heavy (non-hydrogen) atoms. The Morgan fingerprint density at radius 2 is 2.00 bits per heavy atom. The first-order valence-electron chi connectivity index (χ1n) is 9.72. The lowest BCUT2D eigenvalue weighted by molar-refractivity contribution is -0.149. The third kappa shape index (κ3) is 2.92. The van der Waals surface area contributed by atoms with Gasteiger partial charge in [-0.2, -0.15) is 0 Å². The molecule has 1 saturated carbocycles. The van der Waals surface area contributed by atoms with Crippen molar-refractivity contribution < 1.29 is 14.7 Å². The van der Waals surface area contributed by atoms with Gasteiger partial charge in [-0.1, -0.05) is 12.8 Å². The third-order valence-electron chi connectivity index (χ3n) is 6.70. The SMILES string of the molecule is Cc1nccn1CCN1C[C@H]2CN(C(=O)C3CCCC3)C[C@@]2(C(=O)O)C1. The molecule has 142 valence electrons. The van der Waals surface area contributed by atoms with E-state index < -0.39 is 11.4 Å². The number of rotatable bonds is 5. The summed E-state index contributed by atoms with van der Waals surface area (Å²) in [4.78, 5) is 33.2. The van der Waals surface area contributed by atoms with Crippen LogP contribution in [-0.2, 0) is 16.1 Å². The highest BCUT2D eigenvalue weighted by Crippen LogP contribution is 2.44. The molecule has 0 aromatic carbocycles. The van der Waals surface area contributed by atoms with E-state index in [1.165, 1.54) is 0 Å². The topological polar surface area (TPSA) is 78.7 Å². The molecule has 2 saturated heterocycles. The van der Waals surface area contributed by atoms with Gasteiger partial charge in [-0.15, -0.1) is 0 Å². The average molecular weight is 360 g/mol. The van der Waals surface area contributed by atoms with Crippen molar-refractivity contribution in [1.29, 1.82) is 0 Å². The maximum Gasteiger partial charge on any atom is 0.313 e. The van der Waals surface area contributed by atoms with Crippen molar-refractivity contribution in [2.45, 2.75) is 39.2 Å². The largest absolute Gasteiger partial charge is 0.481 e. The molecule has 0 bridgehead atoms. The molecule has 1 amide bonds. The lowest BCUT2D eigenvalue weighted by Crippen LogP contribution is -2.43. The molecular formula is C19H28N4O3. The van der Waals surface area contributed by atoms with Crippen LogP contribution < -0.4 is 0 Å². The van der Waals surface area contributed by atoms with Crippen LogP contribution in [0.25, 0.3) is 0 Å². The molecule has 0 unspecified atom stereocenters. The molecule has 3 fully saturated rings. The molecule has 0 radical (unpaired) electrons. The van der Waals surface area contributed by atoms with Crippen molar-refractivity contribution in [2.24, 2.45) is 17.3 Å². The minimum atomic E-state index is -0.793. The van der Waals surface area contributed by atoms with Crippen LogP contribution >= 0.6 is 0 Å². The highest BCUT2D eigenvalue weighted by atomic mass is 16.4. The molecule has 2 aliphatic heterocycles. The predicted molar refractivity (Wildman–Crippen MR) is 95.5 cm³/mol. The average Bonchev–Trinajstić information content (AvgIpc) is 3.36. The van der Waals surface area contributed by atoms with Crippen LogP contribution in [0.5, 0.6) is 0 Å². The molecule has 1 N–H and O–H groups in total. The van der Waals surface area contributed by atoms with E-state index >= 15 is 0 Å². The van der Waals surface area contributed by atoms with Crippen molar-refractivity contribution in [3.63, 3.8) is 0 Å². The summed E-state index contributed by atoms with van der Waals surface area (Å²) < 4.78 is 2.09. The van der Waals surface area contributed by atoms with Crippen LogP contribution in [0.1, 0.15) is 31.5 Å². The van der Waals surface area contributed by atoms with E-state index in [-0.39, 0.29) is 17.7 Å². The summed E-state index contributed by atoms with van der Waals surface area (Å²) in [5.41, 5.74) is -0.793. The molecule has 2 atom stereocenters. The van der Waals surface area contributed by atoms with Gasteiger partial charge in [0.2, 0.25) is 5.91 Å². The van der Waals surface area contributed by atoms with E-state index in [2.05, 4.69) is 14.5 Å².